The molecule has 0 bridgehead atoms. The second kappa shape index (κ2) is 8.41. The lowest BCUT2D eigenvalue weighted by Gasteiger charge is -2.30. The fourth-order valence-electron chi connectivity index (χ4n) is 1.72. The average Bonchev–Trinajstić information content (AvgIpc) is 2.35. The largest absolute Gasteiger partial charge is 0.459 e. The molecule has 8 heteroatoms. The molecule has 0 spiro atoms. The van der Waals surface area contributed by atoms with E-state index in [0.29, 0.717) is 30.6 Å². The van der Waals surface area contributed by atoms with E-state index in [0.717, 1.165) is 0 Å². The van der Waals surface area contributed by atoms with Crippen LogP contribution in [0.2, 0.25) is 0 Å². The molecule has 0 rings (SSSR count). The van der Waals surface area contributed by atoms with Crippen LogP contribution in [0.4, 0.5) is 0 Å². The first kappa shape index (κ1) is 21.5. The van der Waals surface area contributed by atoms with Crippen LogP contribution in [0.5, 0.6) is 0 Å². The fourth-order valence-corrected chi connectivity index (χ4v) is 2.35. The maximum Gasteiger partial charge on any atom is 0.355 e. The highest BCUT2D eigenvalue weighted by Gasteiger charge is 2.28. The van der Waals surface area contributed by atoms with Crippen molar-refractivity contribution in [2.75, 3.05) is 40.0 Å². The summed E-state index contributed by atoms with van der Waals surface area (Å²) in [5, 5.41) is 8.27. The normalized spacial score (nSPS) is 16.9. The van der Waals surface area contributed by atoms with Crippen LogP contribution in [0.1, 0.15) is 34.1 Å². The van der Waals surface area contributed by atoms with Gasteiger partial charge in [0.15, 0.2) is 0 Å². The van der Waals surface area contributed by atoms with Gasteiger partial charge in [-0.1, -0.05) is 27.7 Å². The molecular weight excluding hydrogens is 309 g/mol. The highest BCUT2D eigenvalue weighted by atomic mass is 31.2. The van der Waals surface area contributed by atoms with Crippen LogP contribution in [0.3, 0.4) is 0 Å². The van der Waals surface area contributed by atoms with E-state index in [2.05, 4.69) is 4.67 Å². The van der Waals surface area contributed by atoms with Crippen molar-refractivity contribution in [1.82, 2.24) is 0 Å². The molecule has 0 aromatic carbocycles. The van der Waals surface area contributed by atoms with Gasteiger partial charge in [0, 0.05) is 6.42 Å². The lowest BCUT2D eigenvalue weighted by molar-refractivity contribution is -0.890. The molecule has 0 saturated carbocycles. The van der Waals surface area contributed by atoms with Gasteiger partial charge in [0.05, 0.1) is 32.7 Å². The predicted octanol–water partition coefficient (Wildman–Crippen LogP) is 2.35. The summed E-state index contributed by atoms with van der Waals surface area (Å²) in [5.74, 6) is -0.383. The van der Waals surface area contributed by atoms with E-state index in [1.807, 2.05) is 41.8 Å². The lowest BCUT2D eigenvalue weighted by atomic mass is 9.82. The van der Waals surface area contributed by atoms with E-state index in [1.165, 1.54) is 0 Å². The minimum absolute atomic E-state index is 0.105. The van der Waals surface area contributed by atoms with Crippen molar-refractivity contribution < 1.29 is 33.4 Å². The van der Waals surface area contributed by atoms with Gasteiger partial charge >= 0.3 is 13.6 Å². The van der Waals surface area contributed by atoms with Gasteiger partial charge in [-0.15, -0.1) is 0 Å². The Morgan fingerprint density at radius 2 is 1.82 bits per heavy atom. The van der Waals surface area contributed by atoms with Crippen LogP contribution < -0.4 is 0 Å². The van der Waals surface area contributed by atoms with Crippen molar-refractivity contribution in [3.05, 3.63) is 0 Å². The first-order chi connectivity index (χ1) is 9.81. The summed E-state index contributed by atoms with van der Waals surface area (Å²) in [6.45, 7) is 9.37. The number of quaternary nitrogens is 1. The minimum atomic E-state index is -3.87. The van der Waals surface area contributed by atoms with Crippen LogP contribution in [0.25, 0.3) is 0 Å². The Kier molecular flexibility index (Phi) is 8.23. The Hall–Kier alpha value is -0.460. The van der Waals surface area contributed by atoms with Crippen molar-refractivity contribution in [3.8, 4) is 0 Å². The molecule has 0 radical (unpaired) electrons. The maximum atomic E-state index is 11.9. The molecule has 0 heterocycles. The Balaban J connectivity index is 4.13. The van der Waals surface area contributed by atoms with Gasteiger partial charge in [0.2, 0.25) is 0 Å². The molecule has 2 atom stereocenters. The summed E-state index contributed by atoms with van der Waals surface area (Å²) in [6, 6.07) is 0. The third kappa shape index (κ3) is 8.86. The van der Waals surface area contributed by atoms with Gasteiger partial charge in [-0.05, 0) is 5.41 Å². The highest BCUT2D eigenvalue weighted by Crippen LogP contribution is 2.40. The Bertz CT molecular complexity index is 405. The Morgan fingerprint density at radius 1 is 1.27 bits per heavy atom. The molecule has 2 unspecified atom stereocenters. The molecule has 2 N–H and O–H groups in total. The second-order valence-corrected chi connectivity index (χ2v) is 9.32. The quantitative estimate of drug-likeness (QED) is 0.220. The molecule has 7 nitrogen and oxygen atoms in total. The predicted molar refractivity (Wildman–Crippen MR) is 84.4 cm³/mol. The second-order valence-electron chi connectivity index (χ2n) is 7.43. The molecule has 0 aromatic heterocycles. The van der Waals surface area contributed by atoms with Gasteiger partial charge < -0.3 is 14.1 Å². The summed E-state index contributed by atoms with van der Waals surface area (Å²) >= 11 is 0. The zero-order valence-electron chi connectivity index (χ0n) is 14.5. The number of likely N-dealkylation sites (N-methyl/N-ethyl adjacent to an activating group) is 1. The highest BCUT2D eigenvalue weighted by molar-refractivity contribution is 7.52. The number of hydrogen-bond donors (Lipinski definition) is 2. The molecule has 0 amide bonds. The molecule has 0 saturated heterocycles. The lowest BCUT2D eigenvalue weighted by Crippen LogP contribution is -2.44. The number of ether oxygens (including phenoxy) is 1. The van der Waals surface area contributed by atoms with E-state index in [4.69, 9.17) is 14.9 Å². The third-order valence-corrected chi connectivity index (χ3v) is 5.06. The number of esters is 1. The van der Waals surface area contributed by atoms with E-state index < -0.39 is 7.60 Å². The molecule has 0 aliphatic rings. The average molecular weight is 340 g/mol. The van der Waals surface area contributed by atoms with E-state index in [-0.39, 0.29) is 23.5 Å². The zero-order chi connectivity index (χ0) is 17.6. The summed E-state index contributed by atoms with van der Waals surface area (Å²) in [6.07, 6.45) is 0.319. The fraction of sp³-hybridized carbons (Fsp3) is 0.929. The van der Waals surface area contributed by atoms with E-state index in [1.54, 1.807) is 0 Å². The standard InChI is InChI=1S/C14H30NO6P/c1-12(14(2,3)4)13(16)20-10-9-15(5,6)8-7-11-22(18,19)21-17/h12H,7-11H2,1-6H3,(H-,17,18,19)/p+1. The van der Waals surface area contributed by atoms with Crippen LogP contribution in [0.15, 0.2) is 0 Å². The number of carbonyl (C=O) groups excluding carboxylic acids is 1. The van der Waals surface area contributed by atoms with Gasteiger partial charge in [0.1, 0.15) is 13.2 Å². The minimum Gasteiger partial charge on any atom is -0.459 e. The van der Waals surface area contributed by atoms with Gasteiger partial charge in [0.25, 0.3) is 0 Å². The smallest absolute Gasteiger partial charge is 0.355 e. The topological polar surface area (TPSA) is 93.1 Å². The molecule has 0 fully saturated rings. The summed E-state index contributed by atoms with van der Waals surface area (Å²) < 4.78 is 20.6. The van der Waals surface area contributed by atoms with Crippen molar-refractivity contribution >= 4 is 13.6 Å². The molecular formula is C14H31NO6P+. The molecule has 132 valence electrons. The van der Waals surface area contributed by atoms with Gasteiger partial charge in [-0.2, -0.15) is 4.67 Å². The summed E-state index contributed by atoms with van der Waals surface area (Å²) in [7, 11) is 0.0225. The zero-order valence-corrected chi connectivity index (χ0v) is 15.4. The molecule has 0 aliphatic carbocycles. The van der Waals surface area contributed by atoms with Gasteiger partial charge in [-0.3, -0.25) is 9.36 Å². The van der Waals surface area contributed by atoms with Crippen molar-refractivity contribution in [2.45, 2.75) is 34.1 Å². The SMILES string of the molecule is CC(C(=O)OCC[N+](C)(C)CCCP(=O)(O)OO)C(C)(C)C. The monoisotopic (exact) mass is 340 g/mol. The summed E-state index contributed by atoms with van der Waals surface area (Å²) in [4.78, 5) is 21.0. The van der Waals surface area contributed by atoms with Crippen LogP contribution in [-0.2, 0) is 18.8 Å². The van der Waals surface area contributed by atoms with Crippen LogP contribution in [-0.4, -0.2) is 60.6 Å². The van der Waals surface area contributed by atoms with E-state index >= 15 is 0 Å². The number of hydrogen-bond acceptors (Lipinski definition) is 5. The Labute approximate surface area is 133 Å². The van der Waals surface area contributed by atoms with E-state index in [9.17, 15) is 9.36 Å². The Morgan fingerprint density at radius 3 is 2.27 bits per heavy atom. The van der Waals surface area contributed by atoms with Crippen molar-refractivity contribution in [1.29, 1.82) is 0 Å². The summed E-state index contributed by atoms with van der Waals surface area (Å²) in [5.41, 5.74) is -0.131. The number of carbonyl (C=O) groups is 1. The van der Waals surface area contributed by atoms with Crippen molar-refractivity contribution in [3.63, 3.8) is 0 Å². The number of nitrogens with zero attached hydrogens (tertiary/aromatic N) is 1. The third-order valence-electron chi connectivity index (χ3n) is 3.93. The maximum absolute atomic E-state index is 11.9. The molecule has 22 heavy (non-hydrogen) atoms. The number of rotatable bonds is 9. The van der Waals surface area contributed by atoms with Crippen molar-refractivity contribution in [2.24, 2.45) is 11.3 Å². The van der Waals surface area contributed by atoms with Crippen LogP contribution in [0, 0.1) is 11.3 Å². The van der Waals surface area contributed by atoms with Crippen LogP contribution >= 0.6 is 7.60 Å². The molecule has 0 aromatic rings. The van der Waals surface area contributed by atoms with Gasteiger partial charge in [-0.25, -0.2) is 5.26 Å². The first-order valence-electron chi connectivity index (χ1n) is 7.44. The molecule has 0 aliphatic heterocycles. The first-order valence-corrected chi connectivity index (χ1v) is 9.21.